The quantitative estimate of drug-likeness (QED) is 0.410. The van der Waals surface area contributed by atoms with Crippen LogP contribution in [0.3, 0.4) is 0 Å². The Morgan fingerprint density at radius 3 is 1.71 bits per heavy atom. The zero-order valence-corrected chi connectivity index (χ0v) is 13.9. The monoisotopic (exact) mass is 304 g/mol. The molecule has 5 nitrogen and oxygen atoms in total. The summed E-state index contributed by atoms with van der Waals surface area (Å²) in [4.78, 5) is 11.4. The van der Waals surface area contributed by atoms with Crippen LogP contribution in [-0.2, 0) is 23.7 Å². The van der Waals surface area contributed by atoms with Gasteiger partial charge in [0.15, 0.2) is 0 Å². The lowest BCUT2D eigenvalue weighted by Crippen LogP contribution is -2.12. The fourth-order valence-electron chi connectivity index (χ4n) is 1.60. The number of Topliss-reactive ketones (excluding diaryl/α,β-unsaturated/α-hetero) is 1. The minimum Gasteiger partial charge on any atom is -0.379 e. The van der Waals surface area contributed by atoms with Crippen LogP contribution in [0.1, 0.15) is 40.0 Å². The van der Waals surface area contributed by atoms with E-state index in [0.717, 1.165) is 19.4 Å². The second-order valence-electron chi connectivity index (χ2n) is 5.11. The molecule has 126 valence electrons. The number of hydrogen-bond acceptors (Lipinski definition) is 5. The molecule has 0 bridgehead atoms. The van der Waals surface area contributed by atoms with Crippen molar-refractivity contribution < 1.29 is 23.7 Å². The summed E-state index contributed by atoms with van der Waals surface area (Å²) in [6, 6.07) is 0. The molecule has 0 saturated carbocycles. The van der Waals surface area contributed by atoms with E-state index in [2.05, 4.69) is 0 Å². The summed E-state index contributed by atoms with van der Waals surface area (Å²) in [5.74, 6) is 0.484. The van der Waals surface area contributed by atoms with Crippen molar-refractivity contribution in [1.29, 1.82) is 0 Å². The number of unbranched alkanes of at least 4 members (excludes halogenated alkanes) is 1. The van der Waals surface area contributed by atoms with Gasteiger partial charge in [-0.15, -0.1) is 0 Å². The van der Waals surface area contributed by atoms with Crippen molar-refractivity contribution in [1.82, 2.24) is 0 Å². The standard InChI is InChI=1S/C16H32O5/c1-4-18-9-10-20-13-14-21-12-11-19-8-6-5-7-16(17)15(2)3/h15H,4-14H2,1-3H3. The fraction of sp³-hybridized carbons (Fsp3) is 0.938. The SMILES string of the molecule is CCOCCOCCOCCOCCCCC(=O)C(C)C. The lowest BCUT2D eigenvalue weighted by molar-refractivity contribution is -0.122. The van der Waals surface area contributed by atoms with E-state index in [1.165, 1.54) is 0 Å². The van der Waals surface area contributed by atoms with Crippen molar-refractivity contribution in [2.75, 3.05) is 52.9 Å². The zero-order valence-electron chi connectivity index (χ0n) is 13.9. The molecule has 0 fully saturated rings. The van der Waals surface area contributed by atoms with Crippen molar-refractivity contribution in [3.05, 3.63) is 0 Å². The largest absolute Gasteiger partial charge is 0.379 e. The van der Waals surface area contributed by atoms with Gasteiger partial charge in [-0.05, 0) is 19.8 Å². The average Bonchev–Trinajstić information content (AvgIpc) is 2.47. The molecule has 0 aromatic carbocycles. The van der Waals surface area contributed by atoms with Crippen LogP contribution in [0, 0.1) is 5.92 Å². The van der Waals surface area contributed by atoms with Gasteiger partial charge in [0.1, 0.15) is 5.78 Å². The van der Waals surface area contributed by atoms with E-state index in [1.807, 2.05) is 20.8 Å². The number of ether oxygens (including phenoxy) is 4. The maximum absolute atomic E-state index is 11.4. The number of rotatable bonds is 16. The van der Waals surface area contributed by atoms with E-state index in [9.17, 15) is 4.79 Å². The molecule has 0 aromatic heterocycles. The van der Waals surface area contributed by atoms with Crippen LogP contribution in [0.15, 0.2) is 0 Å². The van der Waals surface area contributed by atoms with Crippen LogP contribution in [0.5, 0.6) is 0 Å². The third-order valence-electron chi connectivity index (χ3n) is 2.93. The number of hydrogen-bond donors (Lipinski definition) is 0. The highest BCUT2D eigenvalue weighted by molar-refractivity contribution is 5.80. The molecule has 0 N–H and O–H groups in total. The lowest BCUT2D eigenvalue weighted by Gasteiger charge is -2.07. The second-order valence-corrected chi connectivity index (χ2v) is 5.11. The number of ketones is 1. The molecule has 0 aliphatic carbocycles. The van der Waals surface area contributed by atoms with Crippen molar-refractivity contribution in [3.63, 3.8) is 0 Å². The first-order valence-electron chi connectivity index (χ1n) is 8.02. The summed E-state index contributed by atoms with van der Waals surface area (Å²) in [5.41, 5.74) is 0. The molecular formula is C16H32O5. The van der Waals surface area contributed by atoms with Gasteiger partial charge < -0.3 is 18.9 Å². The molecule has 0 amide bonds. The molecule has 0 heterocycles. The Hall–Kier alpha value is -0.490. The van der Waals surface area contributed by atoms with Crippen LogP contribution in [0.25, 0.3) is 0 Å². The molecule has 0 aliphatic rings. The molecule has 0 rings (SSSR count). The Morgan fingerprint density at radius 1 is 0.762 bits per heavy atom. The van der Waals surface area contributed by atoms with Crippen LogP contribution in [-0.4, -0.2) is 58.6 Å². The fourth-order valence-corrected chi connectivity index (χ4v) is 1.60. The summed E-state index contributed by atoms with van der Waals surface area (Å²) >= 11 is 0. The highest BCUT2D eigenvalue weighted by Crippen LogP contribution is 2.04. The number of carbonyl (C=O) groups is 1. The predicted molar refractivity (Wildman–Crippen MR) is 82.6 cm³/mol. The summed E-state index contributed by atoms with van der Waals surface area (Å²) in [6.07, 6.45) is 2.50. The molecule has 0 spiro atoms. The lowest BCUT2D eigenvalue weighted by atomic mass is 10.0. The maximum Gasteiger partial charge on any atom is 0.135 e. The molecule has 0 saturated heterocycles. The van der Waals surface area contributed by atoms with Gasteiger partial charge in [0.2, 0.25) is 0 Å². The Balaban J connectivity index is 3.04. The topological polar surface area (TPSA) is 54.0 Å². The summed E-state index contributed by atoms with van der Waals surface area (Å²) in [6.45, 7) is 10.9. The van der Waals surface area contributed by atoms with Gasteiger partial charge in [0.25, 0.3) is 0 Å². The molecule has 0 aliphatic heterocycles. The Bertz CT molecular complexity index is 231. The molecule has 5 heteroatoms. The van der Waals surface area contributed by atoms with E-state index < -0.39 is 0 Å². The van der Waals surface area contributed by atoms with Gasteiger partial charge in [0.05, 0.1) is 39.6 Å². The first-order chi connectivity index (χ1) is 10.2. The molecule has 0 radical (unpaired) electrons. The van der Waals surface area contributed by atoms with E-state index in [1.54, 1.807) is 0 Å². The van der Waals surface area contributed by atoms with Gasteiger partial charge in [0, 0.05) is 25.6 Å². The van der Waals surface area contributed by atoms with E-state index in [0.29, 0.717) is 58.5 Å². The Kier molecular flexibility index (Phi) is 15.5. The van der Waals surface area contributed by atoms with Gasteiger partial charge >= 0.3 is 0 Å². The van der Waals surface area contributed by atoms with E-state index >= 15 is 0 Å². The summed E-state index contributed by atoms with van der Waals surface area (Å²) in [7, 11) is 0. The third kappa shape index (κ3) is 15.7. The summed E-state index contributed by atoms with van der Waals surface area (Å²) < 4.78 is 21.3. The molecule has 21 heavy (non-hydrogen) atoms. The highest BCUT2D eigenvalue weighted by atomic mass is 16.6. The van der Waals surface area contributed by atoms with Crippen molar-refractivity contribution in [3.8, 4) is 0 Å². The third-order valence-corrected chi connectivity index (χ3v) is 2.93. The zero-order chi connectivity index (χ0) is 15.8. The number of carbonyl (C=O) groups excluding carboxylic acids is 1. The first-order valence-corrected chi connectivity index (χ1v) is 8.02. The van der Waals surface area contributed by atoms with Gasteiger partial charge in [-0.3, -0.25) is 4.79 Å². The average molecular weight is 304 g/mol. The normalized spacial score (nSPS) is 11.2. The van der Waals surface area contributed by atoms with E-state index in [4.69, 9.17) is 18.9 Å². The van der Waals surface area contributed by atoms with Gasteiger partial charge in [-0.1, -0.05) is 13.8 Å². The molecule has 0 aromatic rings. The Morgan fingerprint density at radius 2 is 1.24 bits per heavy atom. The predicted octanol–water partition coefficient (Wildman–Crippen LogP) is 2.47. The molecular weight excluding hydrogens is 272 g/mol. The molecule has 0 atom stereocenters. The minimum absolute atomic E-state index is 0.148. The minimum atomic E-state index is 0.148. The van der Waals surface area contributed by atoms with Crippen LogP contribution in [0.4, 0.5) is 0 Å². The second kappa shape index (κ2) is 15.9. The smallest absolute Gasteiger partial charge is 0.135 e. The van der Waals surface area contributed by atoms with Crippen LogP contribution < -0.4 is 0 Å². The van der Waals surface area contributed by atoms with Crippen molar-refractivity contribution >= 4 is 5.78 Å². The summed E-state index contributed by atoms with van der Waals surface area (Å²) in [5, 5.41) is 0. The van der Waals surface area contributed by atoms with Crippen molar-refractivity contribution in [2.45, 2.75) is 40.0 Å². The van der Waals surface area contributed by atoms with Crippen LogP contribution >= 0.6 is 0 Å². The highest BCUT2D eigenvalue weighted by Gasteiger charge is 2.05. The molecule has 0 unspecified atom stereocenters. The van der Waals surface area contributed by atoms with E-state index in [-0.39, 0.29) is 5.92 Å². The van der Waals surface area contributed by atoms with Gasteiger partial charge in [-0.2, -0.15) is 0 Å². The van der Waals surface area contributed by atoms with Crippen LogP contribution in [0.2, 0.25) is 0 Å². The van der Waals surface area contributed by atoms with Crippen molar-refractivity contribution in [2.24, 2.45) is 5.92 Å². The maximum atomic E-state index is 11.4. The Labute approximate surface area is 129 Å². The first kappa shape index (κ1) is 20.5. The van der Waals surface area contributed by atoms with Gasteiger partial charge in [-0.25, -0.2) is 0 Å².